The summed E-state index contributed by atoms with van der Waals surface area (Å²) in [6.45, 7) is 2.05. The van der Waals surface area contributed by atoms with E-state index < -0.39 is 11.6 Å². The van der Waals surface area contributed by atoms with Crippen LogP contribution in [-0.4, -0.2) is 30.2 Å². The second kappa shape index (κ2) is 8.72. The first kappa shape index (κ1) is 23.1. The van der Waals surface area contributed by atoms with Gasteiger partial charge in [-0.15, -0.1) is 0 Å². The van der Waals surface area contributed by atoms with Crippen LogP contribution in [0.3, 0.4) is 0 Å². The molecule has 0 saturated carbocycles. The van der Waals surface area contributed by atoms with Crippen molar-refractivity contribution in [1.82, 2.24) is 10.3 Å². The molecular formula is C22H20Cl2F3N3OS. The van der Waals surface area contributed by atoms with Crippen molar-refractivity contribution >= 4 is 55.8 Å². The molecular weight excluding hydrogens is 482 g/mol. The summed E-state index contributed by atoms with van der Waals surface area (Å²) in [5.41, 5.74) is -0.439. The molecule has 0 bridgehead atoms. The number of benzene rings is 2. The van der Waals surface area contributed by atoms with Crippen LogP contribution in [0.25, 0.3) is 10.2 Å². The Labute approximate surface area is 197 Å². The molecule has 1 saturated heterocycles. The fourth-order valence-corrected chi connectivity index (χ4v) is 5.65. The van der Waals surface area contributed by atoms with Gasteiger partial charge in [0.25, 0.3) is 0 Å². The van der Waals surface area contributed by atoms with Crippen LogP contribution >= 0.6 is 34.5 Å². The zero-order valence-electron chi connectivity index (χ0n) is 17.1. The number of rotatable bonds is 5. The second-order valence-corrected chi connectivity index (χ2v) is 9.65. The summed E-state index contributed by atoms with van der Waals surface area (Å²) in [5, 5.41) is 3.71. The molecule has 1 amide bonds. The predicted octanol–water partition coefficient (Wildman–Crippen LogP) is 6.34. The lowest BCUT2D eigenvalue weighted by atomic mass is 9.79. The maximum atomic E-state index is 14.4. The van der Waals surface area contributed by atoms with Crippen LogP contribution in [0.1, 0.15) is 30.9 Å². The third-order valence-corrected chi connectivity index (χ3v) is 7.42. The number of alkyl halides is 3. The van der Waals surface area contributed by atoms with Gasteiger partial charge in [0.1, 0.15) is 5.41 Å². The summed E-state index contributed by atoms with van der Waals surface area (Å²) in [6, 6.07) is 9.66. The van der Waals surface area contributed by atoms with Gasteiger partial charge in [0.15, 0.2) is 5.13 Å². The third kappa shape index (κ3) is 4.28. The van der Waals surface area contributed by atoms with E-state index in [0.717, 1.165) is 10.3 Å². The van der Waals surface area contributed by atoms with E-state index in [1.54, 1.807) is 11.8 Å². The quantitative estimate of drug-likeness (QED) is 0.443. The van der Waals surface area contributed by atoms with Crippen molar-refractivity contribution in [1.29, 1.82) is 0 Å². The van der Waals surface area contributed by atoms with E-state index in [1.165, 1.54) is 29.5 Å². The SMILES string of the molecule is CCC(=O)NCc1cccc2nc(N3CCC(c4cc(Cl)cc(Cl)c4)(C(F)(F)F)C3)sc12. The monoisotopic (exact) mass is 501 g/mol. The number of aromatic nitrogens is 1. The number of nitrogens with one attached hydrogen (secondary N) is 1. The Morgan fingerprint density at radius 3 is 2.62 bits per heavy atom. The number of carbonyl (C=O) groups is 1. The highest BCUT2D eigenvalue weighted by Gasteiger charge is 2.59. The molecule has 1 aromatic heterocycles. The standard InChI is InChI=1S/C22H20Cl2F3N3OS/c1-2-18(31)28-11-13-4-3-5-17-19(13)32-20(29-17)30-7-6-21(12-30,22(25,26)27)14-8-15(23)10-16(24)9-14/h3-5,8-10H,2,6-7,11-12H2,1H3,(H,28,31). The van der Waals surface area contributed by atoms with Crippen molar-refractivity contribution < 1.29 is 18.0 Å². The molecule has 170 valence electrons. The number of fused-ring (bicyclic) bond motifs is 1. The molecule has 3 aromatic rings. The Morgan fingerprint density at radius 1 is 1.25 bits per heavy atom. The molecule has 0 spiro atoms. The lowest BCUT2D eigenvalue weighted by molar-refractivity contribution is -0.184. The van der Waals surface area contributed by atoms with E-state index in [1.807, 2.05) is 18.2 Å². The molecule has 10 heteroatoms. The molecule has 2 aromatic carbocycles. The number of hydrogen-bond donors (Lipinski definition) is 1. The maximum Gasteiger partial charge on any atom is 0.400 e. The molecule has 1 aliphatic rings. The zero-order chi connectivity index (χ0) is 23.1. The largest absolute Gasteiger partial charge is 0.400 e. The van der Waals surface area contributed by atoms with Crippen molar-refractivity contribution in [2.24, 2.45) is 0 Å². The number of amides is 1. The number of hydrogen-bond acceptors (Lipinski definition) is 4. The van der Waals surface area contributed by atoms with E-state index in [2.05, 4.69) is 10.3 Å². The molecule has 1 N–H and O–H groups in total. The van der Waals surface area contributed by atoms with E-state index in [-0.39, 0.29) is 41.0 Å². The molecule has 1 fully saturated rings. The summed E-state index contributed by atoms with van der Waals surface area (Å²) in [6.07, 6.45) is -4.23. The van der Waals surface area contributed by atoms with Crippen molar-refractivity contribution in [3.63, 3.8) is 0 Å². The van der Waals surface area contributed by atoms with Crippen LogP contribution in [-0.2, 0) is 16.8 Å². The fourth-order valence-electron chi connectivity index (χ4n) is 4.02. The normalized spacial score (nSPS) is 19.0. The lowest BCUT2D eigenvalue weighted by Crippen LogP contribution is -2.44. The van der Waals surface area contributed by atoms with Gasteiger partial charge in [0.2, 0.25) is 5.91 Å². The number of thiazole rings is 1. The molecule has 1 aliphatic heterocycles. The van der Waals surface area contributed by atoms with Gasteiger partial charge in [-0.2, -0.15) is 13.2 Å². The molecule has 1 unspecified atom stereocenters. The minimum Gasteiger partial charge on any atom is -0.352 e. The van der Waals surface area contributed by atoms with Gasteiger partial charge in [0, 0.05) is 36.1 Å². The summed E-state index contributed by atoms with van der Waals surface area (Å²) in [7, 11) is 0. The van der Waals surface area contributed by atoms with Gasteiger partial charge in [-0.3, -0.25) is 4.79 Å². The maximum absolute atomic E-state index is 14.4. The van der Waals surface area contributed by atoms with Crippen LogP contribution in [0.15, 0.2) is 36.4 Å². The fraction of sp³-hybridized carbons (Fsp3) is 0.364. The number of carbonyl (C=O) groups excluding carboxylic acids is 1. The minimum atomic E-state index is -4.48. The minimum absolute atomic E-state index is 0.0640. The van der Waals surface area contributed by atoms with Gasteiger partial charge < -0.3 is 10.2 Å². The van der Waals surface area contributed by atoms with Gasteiger partial charge in [-0.1, -0.05) is 53.6 Å². The van der Waals surface area contributed by atoms with E-state index in [0.29, 0.717) is 23.6 Å². The number of anilines is 1. The lowest BCUT2D eigenvalue weighted by Gasteiger charge is -2.32. The highest BCUT2D eigenvalue weighted by molar-refractivity contribution is 7.22. The molecule has 2 heterocycles. The van der Waals surface area contributed by atoms with Crippen molar-refractivity contribution in [3.8, 4) is 0 Å². The Kier molecular flexibility index (Phi) is 6.31. The van der Waals surface area contributed by atoms with E-state index in [9.17, 15) is 18.0 Å². The Morgan fingerprint density at radius 2 is 1.97 bits per heavy atom. The van der Waals surface area contributed by atoms with Gasteiger partial charge >= 0.3 is 6.18 Å². The van der Waals surface area contributed by atoms with Crippen LogP contribution in [0.5, 0.6) is 0 Å². The molecule has 32 heavy (non-hydrogen) atoms. The molecule has 1 atom stereocenters. The van der Waals surface area contributed by atoms with Crippen LogP contribution in [0.2, 0.25) is 10.0 Å². The Bertz CT molecular complexity index is 1150. The summed E-state index contributed by atoms with van der Waals surface area (Å²) < 4.78 is 43.9. The Balaban J connectivity index is 1.67. The van der Waals surface area contributed by atoms with Crippen LogP contribution < -0.4 is 10.2 Å². The topological polar surface area (TPSA) is 45.2 Å². The zero-order valence-corrected chi connectivity index (χ0v) is 19.4. The predicted molar refractivity (Wildman–Crippen MR) is 123 cm³/mol. The molecule has 4 nitrogen and oxygen atoms in total. The first-order valence-electron chi connectivity index (χ1n) is 10.1. The smallest absolute Gasteiger partial charge is 0.352 e. The second-order valence-electron chi connectivity index (χ2n) is 7.80. The molecule has 4 rings (SSSR count). The first-order chi connectivity index (χ1) is 15.1. The van der Waals surface area contributed by atoms with Crippen molar-refractivity contribution in [2.75, 3.05) is 18.0 Å². The average molecular weight is 502 g/mol. The summed E-state index contributed by atoms with van der Waals surface area (Å²) >= 11 is 13.4. The molecule has 0 aliphatic carbocycles. The van der Waals surface area contributed by atoms with E-state index in [4.69, 9.17) is 23.2 Å². The van der Waals surface area contributed by atoms with Crippen LogP contribution in [0, 0.1) is 0 Å². The third-order valence-electron chi connectivity index (χ3n) is 5.78. The van der Waals surface area contributed by atoms with E-state index >= 15 is 0 Å². The molecule has 0 radical (unpaired) electrons. The number of halogens is 5. The average Bonchev–Trinajstić information content (AvgIpc) is 3.36. The summed E-state index contributed by atoms with van der Waals surface area (Å²) in [4.78, 5) is 17.9. The Hall–Kier alpha value is -2.03. The highest BCUT2D eigenvalue weighted by atomic mass is 35.5. The van der Waals surface area contributed by atoms with Gasteiger partial charge in [-0.05, 0) is 41.8 Å². The van der Waals surface area contributed by atoms with Crippen molar-refractivity contribution in [3.05, 3.63) is 57.6 Å². The van der Waals surface area contributed by atoms with Crippen molar-refractivity contribution in [2.45, 2.75) is 37.9 Å². The highest BCUT2D eigenvalue weighted by Crippen LogP contribution is 2.50. The first-order valence-corrected chi connectivity index (χ1v) is 11.6. The van der Waals surface area contributed by atoms with Gasteiger partial charge in [0.05, 0.1) is 10.2 Å². The number of nitrogens with zero attached hydrogens (tertiary/aromatic N) is 2. The van der Waals surface area contributed by atoms with Gasteiger partial charge in [-0.25, -0.2) is 4.98 Å². The van der Waals surface area contributed by atoms with Crippen LogP contribution in [0.4, 0.5) is 18.3 Å². The summed E-state index contributed by atoms with van der Waals surface area (Å²) in [5.74, 6) is -0.0681.